The highest BCUT2D eigenvalue weighted by Crippen LogP contribution is 2.33. The Kier molecular flexibility index (Phi) is 7.23. The topological polar surface area (TPSA) is 94.3 Å². The zero-order chi connectivity index (χ0) is 26.6. The van der Waals surface area contributed by atoms with E-state index in [0.29, 0.717) is 45.7 Å². The van der Waals surface area contributed by atoms with E-state index in [-0.39, 0.29) is 18.9 Å². The maximum atomic E-state index is 13.1. The first-order chi connectivity index (χ1) is 18.5. The van der Waals surface area contributed by atoms with E-state index in [1.165, 1.54) is 0 Å². The molecule has 0 aliphatic carbocycles. The van der Waals surface area contributed by atoms with Gasteiger partial charge in [0.15, 0.2) is 28.1 Å². The van der Waals surface area contributed by atoms with Crippen molar-refractivity contribution < 1.29 is 23.7 Å². The second-order valence-electron chi connectivity index (χ2n) is 8.62. The number of pyridine rings is 1. The Morgan fingerprint density at radius 2 is 1.66 bits per heavy atom. The molecule has 196 valence electrons. The summed E-state index contributed by atoms with van der Waals surface area (Å²) in [6, 6.07) is 18.6. The molecule has 1 aromatic heterocycles. The van der Waals surface area contributed by atoms with Crippen LogP contribution < -0.4 is 34.6 Å². The molecule has 5 rings (SSSR count). The van der Waals surface area contributed by atoms with Crippen LogP contribution in [0.2, 0.25) is 0 Å². The molecule has 2 heterocycles. The maximum absolute atomic E-state index is 13.1. The van der Waals surface area contributed by atoms with Crippen LogP contribution in [0.4, 0.5) is 5.69 Å². The number of benzene rings is 3. The monoisotopic (exact) mass is 533 g/mol. The largest absolute Gasteiger partial charge is 0.497 e. The standard InChI is InChI=1S/C28H27N3O6S/c1-33-21-7-5-20(6-8-21)29-28(38)31(14-17-4-9-23-26(10-17)37-16-36-23)15-19-11-18-12-24(34-2)25(35-3)13-22(18)30-27(19)32/h4-13H,14-16H2,1-3H3,(H,29,38)(H,30,32). The molecular weight excluding hydrogens is 506 g/mol. The second-order valence-corrected chi connectivity index (χ2v) is 9.01. The predicted molar refractivity (Wildman–Crippen MR) is 149 cm³/mol. The van der Waals surface area contributed by atoms with Gasteiger partial charge in [0.2, 0.25) is 6.79 Å². The van der Waals surface area contributed by atoms with Gasteiger partial charge in [0.05, 0.1) is 33.4 Å². The first kappa shape index (κ1) is 25.2. The van der Waals surface area contributed by atoms with Gasteiger partial charge in [0, 0.05) is 29.2 Å². The van der Waals surface area contributed by atoms with Crippen LogP contribution in [0.5, 0.6) is 28.7 Å². The number of rotatable bonds is 8. The third-order valence-electron chi connectivity index (χ3n) is 6.23. The van der Waals surface area contributed by atoms with Gasteiger partial charge < -0.3 is 38.9 Å². The number of methoxy groups -OCH3 is 3. The van der Waals surface area contributed by atoms with Crippen LogP contribution >= 0.6 is 12.2 Å². The van der Waals surface area contributed by atoms with Crippen molar-refractivity contribution in [3.05, 3.63) is 82.1 Å². The molecule has 0 fully saturated rings. The Balaban J connectivity index is 1.46. The number of H-pyrrole nitrogens is 1. The first-order valence-corrected chi connectivity index (χ1v) is 12.2. The number of hydrogen-bond donors (Lipinski definition) is 2. The van der Waals surface area contributed by atoms with E-state index >= 15 is 0 Å². The van der Waals surface area contributed by atoms with Crippen molar-refractivity contribution in [3.8, 4) is 28.7 Å². The highest BCUT2D eigenvalue weighted by Gasteiger charge is 2.18. The minimum absolute atomic E-state index is 0.195. The third-order valence-corrected chi connectivity index (χ3v) is 6.59. The van der Waals surface area contributed by atoms with Gasteiger partial charge in [-0.3, -0.25) is 4.79 Å². The van der Waals surface area contributed by atoms with Crippen LogP contribution in [0, 0.1) is 0 Å². The molecule has 9 nitrogen and oxygen atoms in total. The molecule has 3 aromatic carbocycles. The Morgan fingerprint density at radius 1 is 0.921 bits per heavy atom. The molecule has 10 heteroatoms. The molecule has 0 radical (unpaired) electrons. The van der Waals surface area contributed by atoms with E-state index in [1.54, 1.807) is 27.4 Å². The highest BCUT2D eigenvalue weighted by atomic mass is 32.1. The molecule has 0 atom stereocenters. The molecule has 0 bridgehead atoms. The summed E-state index contributed by atoms with van der Waals surface area (Å²) in [5.74, 6) is 3.24. The molecule has 1 aliphatic rings. The van der Waals surface area contributed by atoms with Crippen molar-refractivity contribution in [2.75, 3.05) is 33.4 Å². The number of nitrogens with one attached hydrogen (secondary N) is 2. The van der Waals surface area contributed by atoms with Gasteiger partial charge in [-0.2, -0.15) is 0 Å². The number of ether oxygens (including phenoxy) is 5. The van der Waals surface area contributed by atoms with Crippen LogP contribution in [-0.2, 0) is 13.1 Å². The molecule has 4 aromatic rings. The Bertz CT molecular complexity index is 1540. The lowest BCUT2D eigenvalue weighted by molar-refractivity contribution is 0.174. The van der Waals surface area contributed by atoms with Crippen LogP contribution in [0.3, 0.4) is 0 Å². The average molecular weight is 534 g/mol. The quantitative estimate of drug-likeness (QED) is 0.313. The fraction of sp³-hybridized carbons (Fsp3) is 0.214. The molecule has 1 aliphatic heterocycles. The van der Waals surface area contributed by atoms with Crippen LogP contribution in [0.25, 0.3) is 10.9 Å². The van der Waals surface area contributed by atoms with Gasteiger partial charge in [0.25, 0.3) is 5.56 Å². The third kappa shape index (κ3) is 5.30. The number of aromatic nitrogens is 1. The van der Waals surface area contributed by atoms with Crippen molar-refractivity contribution in [3.63, 3.8) is 0 Å². The van der Waals surface area contributed by atoms with E-state index in [9.17, 15) is 4.79 Å². The average Bonchev–Trinajstić information content (AvgIpc) is 3.40. The molecular formula is C28H27N3O6S. The van der Waals surface area contributed by atoms with E-state index in [4.69, 9.17) is 35.9 Å². The van der Waals surface area contributed by atoms with E-state index in [1.807, 2.05) is 59.5 Å². The number of anilines is 1. The summed E-state index contributed by atoms with van der Waals surface area (Å²) in [7, 11) is 4.75. The zero-order valence-electron chi connectivity index (χ0n) is 21.2. The number of nitrogens with zero attached hydrogens (tertiary/aromatic N) is 1. The van der Waals surface area contributed by atoms with Gasteiger partial charge in [-0.25, -0.2) is 0 Å². The first-order valence-electron chi connectivity index (χ1n) is 11.8. The summed E-state index contributed by atoms with van der Waals surface area (Å²) in [6.07, 6.45) is 0. The summed E-state index contributed by atoms with van der Waals surface area (Å²) in [5, 5.41) is 4.55. The lowest BCUT2D eigenvalue weighted by Crippen LogP contribution is -2.35. The minimum atomic E-state index is -0.215. The lowest BCUT2D eigenvalue weighted by atomic mass is 10.1. The molecule has 2 N–H and O–H groups in total. The van der Waals surface area contributed by atoms with Crippen molar-refractivity contribution in [2.24, 2.45) is 0 Å². The number of aromatic amines is 1. The number of hydrogen-bond acceptors (Lipinski definition) is 7. The molecule has 0 unspecified atom stereocenters. The van der Waals surface area contributed by atoms with Gasteiger partial charge in [-0.15, -0.1) is 0 Å². The van der Waals surface area contributed by atoms with Crippen molar-refractivity contribution >= 4 is 33.9 Å². The zero-order valence-corrected chi connectivity index (χ0v) is 22.0. The fourth-order valence-electron chi connectivity index (χ4n) is 4.24. The molecule has 0 spiro atoms. The second kappa shape index (κ2) is 10.9. The Labute approximate surface area is 224 Å². The smallest absolute Gasteiger partial charge is 0.253 e. The summed E-state index contributed by atoms with van der Waals surface area (Å²) >= 11 is 5.81. The van der Waals surface area contributed by atoms with Gasteiger partial charge in [-0.05, 0) is 66.3 Å². The molecule has 38 heavy (non-hydrogen) atoms. The van der Waals surface area contributed by atoms with E-state index in [0.717, 1.165) is 22.4 Å². The fourth-order valence-corrected chi connectivity index (χ4v) is 4.48. The van der Waals surface area contributed by atoms with Gasteiger partial charge in [-0.1, -0.05) is 6.07 Å². The number of thiocarbonyl (C=S) groups is 1. The molecule has 0 saturated carbocycles. The van der Waals surface area contributed by atoms with Crippen LogP contribution in [-0.4, -0.2) is 43.1 Å². The normalized spacial score (nSPS) is 11.8. The van der Waals surface area contributed by atoms with Crippen LogP contribution in [0.15, 0.2) is 65.5 Å². The summed E-state index contributed by atoms with van der Waals surface area (Å²) in [5.41, 5.74) is 2.74. The van der Waals surface area contributed by atoms with E-state index < -0.39 is 0 Å². The van der Waals surface area contributed by atoms with Gasteiger partial charge in [0.1, 0.15) is 5.75 Å². The van der Waals surface area contributed by atoms with E-state index in [2.05, 4.69) is 10.3 Å². The SMILES string of the molecule is COc1ccc(NC(=S)N(Cc2ccc3c(c2)OCO3)Cc2cc3cc(OC)c(OC)cc3[nH]c2=O)cc1. The minimum Gasteiger partial charge on any atom is -0.497 e. The Morgan fingerprint density at radius 3 is 2.39 bits per heavy atom. The Hall–Kier alpha value is -4.44. The van der Waals surface area contributed by atoms with Crippen molar-refractivity contribution in [1.29, 1.82) is 0 Å². The molecule has 0 saturated heterocycles. The maximum Gasteiger partial charge on any atom is 0.253 e. The summed E-state index contributed by atoms with van der Waals surface area (Å²) < 4.78 is 27.1. The lowest BCUT2D eigenvalue weighted by Gasteiger charge is -2.26. The summed E-state index contributed by atoms with van der Waals surface area (Å²) in [6.45, 7) is 0.888. The summed E-state index contributed by atoms with van der Waals surface area (Å²) in [4.78, 5) is 18.0. The van der Waals surface area contributed by atoms with Crippen LogP contribution in [0.1, 0.15) is 11.1 Å². The van der Waals surface area contributed by atoms with Crippen molar-refractivity contribution in [2.45, 2.75) is 13.1 Å². The predicted octanol–water partition coefficient (Wildman–Crippen LogP) is 4.68. The highest BCUT2D eigenvalue weighted by molar-refractivity contribution is 7.80. The van der Waals surface area contributed by atoms with Gasteiger partial charge >= 0.3 is 0 Å². The molecule has 0 amide bonds. The van der Waals surface area contributed by atoms with Crippen molar-refractivity contribution in [1.82, 2.24) is 9.88 Å². The number of fused-ring (bicyclic) bond motifs is 2.